The van der Waals surface area contributed by atoms with Gasteiger partial charge < -0.3 is 0 Å². The summed E-state index contributed by atoms with van der Waals surface area (Å²) in [5.74, 6) is 5.27. The molecule has 0 fully saturated rings. The highest BCUT2D eigenvalue weighted by Crippen LogP contribution is 2.08. The van der Waals surface area contributed by atoms with Crippen molar-refractivity contribution in [3.8, 4) is 0 Å². The molecule has 0 aromatic carbocycles. The third-order valence-corrected chi connectivity index (χ3v) is 1.48. The molecule has 0 radical (unpaired) electrons. The van der Waals surface area contributed by atoms with Crippen molar-refractivity contribution in [1.82, 2.24) is 5.01 Å². The molecule has 0 spiro atoms. The number of urea groups is 1. The molecule has 1 unspecified atom stereocenters. The summed E-state index contributed by atoms with van der Waals surface area (Å²) in [6, 6.07) is -0.220. The van der Waals surface area contributed by atoms with Crippen LogP contribution < -0.4 is 5.84 Å². The van der Waals surface area contributed by atoms with Gasteiger partial charge in [0.05, 0.1) is 13.2 Å². The Morgan fingerprint density at radius 2 is 2.36 bits per heavy atom. The zero-order valence-corrected chi connectivity index (χ0v) is 6.56. The van der Waals surface area contributed by atoms with Crippen LogP contribution in [-0.4, -0.2) is 36.0 Å². The largest absolute Gasteiger partial charge is 0.443 e. The van der Waals surface area contributed by atoms with Crippen molar-refractivity contribution >= 4 is 12.4 Å². The minimum absolute atomic E-state index is 0.00694. The van der Waals surface area contributed by atoms with Gasteiger partial charge >= 0.3 is 6.03 Å². The topological polar surface area (TPSA) is 58.7 Å². The van der Waals surface area contributed by atoms with Crippen LogP contribution in [0.2, 0.25) is 0 Å². The van der Waals surface area contributed by atoms with Gasteiger partial charge in [-0.15, -0.1) is 0 Å². The summed E-state index contributed by atoms with van der Waals surface area (Å²) in [4.78, 5) is 15.1. The van der Waals surface area contributed by atoms with Gasteiger partial charge in [0.1, 0.15) is 6.20 Å². The number of quaternary nitrogens is 1. The summed E-state index contributed by atoms with van der Waals surface area (Å²) < 4.78 is 0.00694. The number of hydrogen-bond acceptors (Lipinski definition) is 3. The lowest BCUT2D eigenvalue weighted by Gasteiger charge is -2.21. The average Bonchev–Trinajstić information content (AvgIpc) is 2.35. The molecule has 1 atom stereocenters. The molecule has 0 saturated heterocycles. The van der Waals surface area contributed by atoms with E-state index in [9.17, 15) is 4.79 Å². The van der Waals surface area contributed by atoms with E-state index in [4.69, 9.17) is 5.84 Å². The summed E-state index contributed by atoms with van der Waals surface area (Å²) in [5, 5.41) is 1.04. The van der Waals surface area contributed by atoms with Crippen LogP contribution in [0.1, 0.15) is 0 Å². The molecule has 0 saturated carbocycles. The number of nitrogens with two attached hydrogens (primary N) is 1. The molecule has 1 aliphatic heterocycles. The molecule has 1 rings (SSSR count). The Labute approximate surface area is 65.0 Å². The lowest BCUT2D eigenvalue weighted by atomic mass is 10.6. The van der Waals surface area contributed by atoms with E-state index in [-0.39, 0.29) is 10.5 Å². The predicted molar refractivity (Wildman–Crippen MR) is 41.2 cm³/mol. The number of aliphatic imine (C=N–C) groups is 1. The van der Waals surface area contributed by atoms with Gasteiger partial charge in [-0.05, 0) is 0 Å². The van der Waals surface area contributed by atoms with Crippen LogP contribution >= 0.6 is 0 Å². The lowest BCUT2D eigenvalue weighted by Crippen LogP contribution is -2.51. The van der Waals surface area contributed by atoms with Crippen molar-refractivity contribution in [1.29, 1.82) is 0 Å². The zero-order chi connectivity index (χ0) is 8.48. The van der Waals surface area contributed by atoms with Crippen molar-refractivity contribution in [2.75, 3.05) is 14.1 Å². The van der Waals surface area contributed by atoms with Crippen LogP contribution in [0.25, 0.3) is 0 Å². The number of amides is 2. The molecule has 2 N–H and O–H groups in total. The van der Waals surface area contributed by atoms with Gasteiger partial charge in [-0.25, -0.2) is 20.6 Å². The van der Waals surface area contributed by atoms with Crippen LogP contribution in [0.5, 0.6) is 0 Å². The van der Waals surface area contributed by atoms with Gasteiger partial charge in [-0.1, -0.05) is 0 Å². The van der Waals surface area contributed by atoms with Crippen molar-refractivity contribution in [2.24, 2.45) is 10.8 Å². The Balaban J connectivity index is 2.82. The highest BCUT2D eigenvalue weighted by atomic mass is 16.2. The Bertz CT molecular complexity index is 219. The number of carbonyl (C=O) groups is 1. The zero-order valence-electron chi connectivity index (χ0n) is 6.56. The van der Waals surface area contributed by atoms with E-state index >= 15 is 0 Å². The van der Waals surface area contributed by atoms with E-state index in [1.165, 1.54) is 13.4 Å². The van der Waals surface area contributed by atoms with Gasteiger partial charge in [0.15, 0.2) is 0 Å². The second kappa shape index (κ2) is 2.44. The van der Waals surface area contributed by atoms with E-state index in [1.807, 2.05) is 0 Å². The van der Waals surface area contributed by atoms with Crippen molar-refractivity contribution in [2.45, 2.75) is 0 Å². The number of hydrazine groups is 1. The number of hydrogen-bond donors (Lipinski definition) is 1. The highest BCUT2D eigenvalue weighted by molar-refractivity contribution is 5.76. The highest BCUT2D eigenvalue weighted by Gasteiger charge is 2.32. The lowest BCUT2D eigenvalue weighted by molar-refractivity contribution is -0.670. The summed E-state index contributed by atoms with van der Waals surface area (Å²) in [6.45, 7) is 0. The second-order valence-corrected chi connectivity index (χ2v) is 2.60. The van der Waals surface area contributed by atoms with Crippen molar-refractivity contribution in [3.05, 3.63) is 12.4 Å². The molecule has 0 aromatic heterocycles. The van der Waals surface area contributed by atoms with Crippen molar-refractivity contribution in [3.63, 3.8) is 0 Å². The monoisotopic (exact) mass is 155 g/mol. The molecule has 2 amide bonds. The second-order valence-electron chi connectivity index (χ2n) is 2.60. The first kappa shape index (κ1) is 7.90. The Kier molecular flexibility index (Phi) is 1.76. The quantitative estimate of drug-likeness (QED) is 0.229. The molecule has 5 heteroatoms. The molecule has 5 nitrogen and oxygen atoms in total. The summed E-state index contributed by atoms with van der Waals surface area (Å²) in [5.41, 5.74) is 0. The van der Waals surface area contributed by atoms with Crippen LogP contribution in [0.3, 0.4) is 0 Å². The minimum Gasteiger partial charge on any atom is -0.241 e. The maximum absolute atomic E-state index is 11.3. The molecular weight excluding hydrogens is 144 g/mol. The van der Waals surface area contributed by atoms with Gasteiger partial charge in [-0.2, -0.15) is 4.48 Å². The standard InChI is InChI=1S/C6H11N4O/c1-9(7)6(11)10(2)4-3-8-5-10/h3-5H,7H2,1-2H3/q+1. The van der Waals surface area contributed by atoms with Gasteiger partial charge in [0.25, 0.3) is 0 Å². The van der Waals surface area contributed by atoms with Crippen LogP contribution in [-0.2, 0) is 0 Å². The average molecular weight is 155 g/mol. The molecule has 0 bridgehead atoms. The first-order valence-electron chi connectivity index (χ1n) is 3.17. The minimum atomic E-state index is -0.220. The van der Waals surface area contributed by atoms with Gasteiger partial charge in [0, 0.05) is 7.05 Å². The third-order valence-electron chi connectivity index (χ3n) is 1.48. The molecule has 0 aliphatic carbocycles. The molecule has 60 valence electrons. The third kappa shape index (κ3) is 1.28. The van der Waals surface area contributed by atoms with Gasteiger partial charge in [-0.3, -0.25) is 0 Å². The first-order valence-corrected chi connectivity index (χ1v) is 3.17. The Morgan fingerprint density at radius 1 is 1.73 bits per heavy atom. The molecular formula is C6H11N4O+. The molecule has 1 aliphatic rings. The maximum Gasteiger partial charge on any atom is 0.443 e. The molecule has 11 heavy (non-hydrogen) atoms. The van der Waals surface area contributed by atoms with E-state index < -0.39 is 0 Å². The summed E-state index contributed by atoms with van der Waals surface area (Å²) in [7, 11) is 3.21. The fraction of sp³-hybridized carbons (Fsp3) is 0.333. The molecule has 0 aromatic rings. The first-order chi connectivity index (χ1) is 5.06. The summed E-state index contributed by atoms with van der Waals surface area (Å²) in [6.07, 6.45) is 4.75. The maximum atomic E-state index is 11.3. The van der Waals surface area contributed by atoms with Crippen LogP contribution in [0.4, 0.5) is 4.79 Å². The number of nitrogens with zero attached hydrogens (tertiary/aromatic N) is 3. The predicted octanol–water partition coefficient (Wildman–Crippen LogP) is -0.128. The van der Waals surface area contributed by atoms with Crippen LogP contribution in [0, 0.1) is 0 Å². The van der Waals surface area contributed by atoms with E-state index in [1.54, 1.807) is 19.4 Å². The van der Waals surface area contributed by atoms with E-state index in [2.05, 4.69) is 4.99 Å². The number of rotatable bonds is 0. The fourth-order valence-corrected chi connectivity index (χ4v) is 0.845. The Hall–Kier alpha value is -1.20. The Morgan fingerprint density at radius 3 is 2.73 bits per heavy atom. The van der Waals surface area contributed by atoms with E-state index in [0.717, 1.165) is 5.01 Å². The molecule has 1 heterocycles. The van der Waals surface area contributed by atoms with Crippen molar-refractivity contribution < 1.29 is 9.28 Å². The summed E-state index contributed by atoms with van der Waals surface area (Å²) >= 11 is 0. The van der Waals surface area contributed by atoms with E-state index in [0.29, 0.717) is 0 Å². The number of carbonyl (C=O) groups excluding carboxylic acids is 1. The normalized spacial score (nSPS) is 27.5. The fourth-order valence-electron chi connectivity index (χ4n) is 0.845. The smallest absolute Gasteiger partial charge is 0.241 e. The SMILES string of the molecule is CN(N)C(=O)[N+]1(C)C=CN=C1. The van der Waals surface area contributed by atoms with Crippen LogP contribution in [0.15, 0.2) is 17.4 Å². The van der Waals surface area contributed by atoms with Gasteiger partial charge in [0.2, 0.25) is 6.34 Å².